The summed E-state index contributed by atoms with van der Waals surface area (Å²) in [7, 11) is 0. The Morgan fingerprint density at radius 2 is 1.59 bits per heavy atom. The lowest BCUT2D eigenvalue weighted by Crippen LogP contribution is -1.79. The average Bonchev–Trinajstić information content (AvgIpc) is 2.39. The zero-order valence-corrected chi connectivity index (χ0v) is 11.5. The molecule has 0 saturated carbocycles. The maximum absolute atomic E-state index is 3.47. The van der Waals surface area contributed by atoms with Gasteiger partial charge in [0.2, 0.25) is 16.0 Å². The van der Waals surface area contributed by atoms with Crippen LogP contribution in [-0.4, -0.2) is 0 Å². The van der Waals surface area contributed by atoms with E-state index in [1.807, 2.05) is 0 Å². The van der Waals surface area contributed by atoms with Crippen LogP contribution in [0.1, 0.15) is 0 Å². The topological polar surface area (TPSA) is 0 Å². The Morgan fingerprint density at radius 1 is 0.824 bits per heavy atom. The van der Waals surface area contributed by atoms with Crippen molar-refractivity contribution < 1.29 is 0 Å². The van der Waals surface area contributed by atoms with Crippen molar-refractivity contribution in [3.8, 4) is 11.1 Å². The summed E-state index contributed by atoms with van der Waals surface area (Å²) in [5.41, 5.74) is 2.56. The van der Waals surface area contributed by atoms with E-state index in [9.17, 15) is 0 Å². The van der Waals surface area contributed by atoms with Gasteiger partial charge in [0.15, 0.2) is 5.38 Å². The highest BCUT2D eigenvalue weighted by atomic mass is 79.9. The third-order valence-electron chi connectivity index (χ3n) is 2.76. The molecular weight excluding hydrogens is 292 g/mol. The molecule has 3 rings (SSSR count). The summed E-state index contributed by atoms with van der Waals surface area (Å²) in [5.74, 6) is 0. The molecule has 17 heavy (non-hydrogen) atoms. The Balaban J connectivity index is 2.27. The van der Waals surface area contributed by atoms with Crippen molar-refractivity contribution in [3.05, 3.63) is 64.5 Å². The second-order valence-corrected chi connectivity index (χ2v) is 5.70. The van der Waals surface area contributed by atoms with Gasteiger partial charge in [-0.05, 0) is 29.3 Å². The first-order valence-electron chi connectivity index (χ1n) is 5.40. The molecule has 1 aromatic heterocycles. The Kier molecular flexibility index (Phi) is 2.91. The van der Waals surface area contributed by atoms with Gasteiger partial charge in [0, 0.05) is 22.0 Å². The molecule has 0 aliphatic carbocycles. The highest BCUT2D eigenvalue weighted by molar-refractivity contribution is 9.10. The minimum atomic E-state index is 1.12. The Hall–Kier alpha value is -1.25. The molecule has 0 fully saturated rings. The SMILES string of the molecule is Brc1ccc(-c2cc[s+]c3ccccc23)cc1. The summed E-state index contributed by atoms with van der Waals surface area (Å²) in [6, 6.07) is 19.2. The molecule has 2 heteroatoms. The normalized spacial score (nSPS) is 10.6. The summed E-state index contributed by atoms with van der Waals surface area (Å²) in [6.07, 6.45) is 0. The Labute approximate surface area is 113 Å². The van der Waals surface area contributed by atoms with Crippen molar-refractivity contribution in [3.63, 3.8) is 0 Å². The number of benzene rings is 2. The number of hydrogen-bond acceptors (Lipinski definition) is 0. The average molecular weight is 302 g/mol. The van der Waals surface area contributed by atoms with Crippen LogP contribution < -0.4 is 0 Å². The van der Waals surface area contributed by atoms with Crippen LogP contribution in [0.25, 0.3) is 21.2 Å². The Morgan fingerprint density at radius 3 is 2.41 bits per heavy atom. The molecule has 0 aliphatic heterocycles. The predicted octanol–water partition coefficient (Wildman–Crippen LogP) is 5.61. The summed E-state index contributed by atoms with van der Waals surface area (Å²) in [5, 5.41) is 3.47. The van der Waals surface area contributed by atoms with E-state index in [0.29, 0.717) is 0 Å². The van der Waals surface area contributed by atoms with Crippen molar-refractivity contribution in [2.24, 2.45) is 0 Å². The molecule has 1 heterocycles. The van der Waals surface area contributed by atoms with Crippen LogP contribution >= 0.6 is 27.3 Å². The minimum absolute atomic E-state index is 1.12. The van der Waals surface area contributed by atoms with Gasteiger partial charge in [-0.15, -0.1) is 0 Å². The second-order valence-electron chi connectivity index (χ2n) is 3.84. The number of halogens is 1. The molecule has 0 nitrogen and oxygen atoms in total. The van der Waals surface area contributed by atoms with E-state index in [1.54, 1.807) is 11.3 Å². The van der Waals surface area contributed by atoms with E-state index in [0.717, 1.165) is 4.47 Å². The first-order valence-corrected chi connectivity index (χ1v) is 7.07. The van der Waals surface area contributed by atoms with Gasteiger partial charge in [-0.25, -0.2) is 0 Å². The van der Waals surface area contributed by atoms with E-state index in [4.69, 9.17) is 0 Å². The van der Waals surface area contributed by atoms with E-state index >= 15 is 0 Å². The minimum Gasteiger partial charge on any atom is -0.0612 e. The lowest BCUT2D eigenvalue weighted by atomic mass is 10.0. The maximum atomic E-state index is 3.47. The molecule has 0 spiro atoms. The first kappa shape index (κ1) is 10.9. The number of rotatable bonds is 1. The lowest BCUT2D eigenvalue weighted by Gasteiger charge is -2.02. The van der Waals surface area contributed by atoms with Crippen LogP contribution in [0.3, 0.4) is 0 Å². The first-order chi connectivity index (χ1) is 8.34. The quantitative estimate of drug-likeness (QED) is 0.512. The van der Waals surface area contributed by atoms with Crippen molar-refractivity contribution in [1.82, 2.24) is 0 Å². The van der Waals surface area contributed by atoms with Crippen LogP contribution in [0.2, 0.25) is 0 Å². The van der Waals surface area contributed by atoms with Crippen molar-refractivity contribution in [1.29, 1.82) is 0 Å². The molecule has 0 amide bonds. The maximum Gasteiger partial charge on any atom is 0.238 e. The van der Waals surface area contributed by atoms with E-state index in [-0.39, 0.29) is 0 Å². The monoisotopic (exact) mass is 301 g/mol. The van der Waals surface area contributed by atoms with Gasteiger partial charge >= 0.3 is 0 Å². The third kappa shape index (κ3) is 2.11. The molecule has 2 aromatic carbocycles. The highest BCUT2D eigenvalue weighted by Gasteiger charge is 2.09. The van der Waals surface area contributed by atoms with Crippen LogP contribution in [0.4, 0.5) is 0 Å². The van der Waals surface area contributed by atoms with Gasteiger partial charge < -0.3 is 0 Å². The smallest absolute Gasteiger partial charge is 0.0612 e. The van der Waals surface area contributed by atoms with Crippen molar-refractivity contribution in [2.45, 2.75) is 0 Å². The van der Waals surface area contributed by atoms with Gasteiger partial charge in [0.05, 0.1) is 0 Å². The molecule has 0 atom stereocenters. The highest BCUT2D eigenvalue weighted by Crippen LogP contribution is 2.31. The van der Waals surface area contributed by atoms with Crippen LogP contribution in [0, 0.1) is 0 Å². The van der Waals surface area contributed by atoms with Gasteiger partial charge in [-0.1, -0.05) is 40.2 Å². The van der Waals surface area contributed by atoms with Gasteiger partial charge in [-0.3, -0.25) is 0 Å². The third-order valence-corrected chi connectivity index (χ3v) is 4.17. The fourth-order valence-electron chi connectivity index (χ4n) is 1.94. The molecule has 0 saturated heterocycles. The van der Waals surface area contributed by atoms with Gasteiger partial charge in [-0.2, -0.15) is 0 Å². The molecule has 0 unspecified atom stereocenters. The van der Waals surface area contributed by atoms with Crippen molar-refractivity contribution in [2.75, 3.05) is 0 Å². The van der Waals surface area contributed by atoms with Crippen LogP contribution in [-0.2, 0) is 0 Å². The molecule has 0 aliphatic rings. The molecule has 0 N–H and O–H groups in total. The standard InChI is InChI=1S/C15H10BrS/c16-12-7-5-11(6-8-12)13-9-10-17-15-4-2-1-3-14(13)15/h1-10H/q+1. The number of hydrogen-bond donors (Lipinski definition) is 0. The van der Waals surface area contributed by atoms with Crippen molar-refractivity contribution >= 4 is 37.4 Å². The lowest BCUT2D eigenvalue weighted by molar-refractivity contribution is 1.63. The zero-order chi connectivity index (χ0) is 11.7. The van der Waals surface area contributed by atoms with E-state index in [1.165, 1.54) is 21.2 Å². The fraction of sp³-hybridized carbons (Fsp3) is 0. The van der Waals surface area contributed by atoms with Gasteiger partial charge in [0.1, 0.15) is 0 Å². The number of fused-ring (bicyclic) bond motifs is 1. The molecule has 3 aromatic rings. The van der Waals surface area contributed by atoms with E-state index < -0.39 is 0 Å². The van der Waals surface area contributed by atoms with E-state index in [2.05, 4.69) is 75.9 Å². The molecular formula is C15H10BrS+. The molecule has 82 valence electrons. The van der Waals surface area contributed by atoms with Crippen LogP contribution in [0.5, 0.6) is 0 Å². The van der Waals surface area contributed by atoms with Gasteiger partial charge in [0.25, 0.3) is 0 Å². The summed E-state index contributed by atoms with van der Waals surface area (Å²) in [6.45, 7) is 0. The fourth-order valence-corrected chi connectivity index (χ4v) is 3.02. The Bertz CT molecular complexity index is 654. The second kappa shape index (κ2) is 4.55. The summed E-state index contributed by atoms with van der Waals surface area (Å²) < 4.78 is 2.44. The summed E-state index contributed by atoms with van der Waals surface area (Å²) in [4.78, 5) is 0. The van der Waals surface area contributed by atoms with Crippen LogP contribution in [0.15, 0.2) is 64.5 Å². The predicted molar refractivity (Wildman–Crippen MR) is 79.4 cm³/mol. The largest absolute Gasteiger partial charge is 0.238 e. The zero-order valence-electron chi connectivity index (χ0n) is 9.06. The molecule has 0 bridgehead atoms. The molecule has 0 radical (unpaired) electrons. The summed E-state index contributed by atoms with van der Waals surface area (Å²) >= 11 is 5.25.